The van der Waals surface area contributed by atoms with Crippen molar-refractivity contribution in [1.29, 1.82) is 0 Å². The number of para-hydroxylation sites is 1. The van der Waals surface area contributed by atoms with Gasteiger partial charge in [-0.1, -0.05) is 48.5 Å². The lowest BCUT2D eigenvalue weighted by molar-refractivity contribution is -0.119. The number of hydrogen-bond donors (Lipinski definition) is 3. The van der Waals surface area contributed by atoms with Crippen LogP contribution in [0.3, 0.4) is 0 Å². The molecule has 0 saturated heterocycles. The van der Waals surface area contributed by atoms with Gasteiger partial charge in [-0.05, 0) is 37.5 Å². The Morgan fingerprint density at radius 2 is 1.62 bits per heavy atom. The molecule has 0 aromatic heterocycles. The van der Waals surface area contributed by atoms with E-state index in [4.69, 9.17) is 4.74 Å². The van der Waals surface area contributed by atoms with Crippen LogP contribution < -0.4 is 20.7 Å². The topological polar surface area (TPSA) is 74.8 Å². The van der Waals surface area contributed by atoms with Crippen molar-refractivity contribution < 1.29 is 9.53 Å². The Kier molecular flexibility index (Phi) is 13.3. The molecule has 1 amide bonds. The fourth-order valence-corrected chi connectivity index (χ4v) is 2.53. The minimum atomic E-state index is -0.0828. The van der Waals surface area contributed by atoms with Gasteiger partial charge in [-0.2, -0.15) is 0 Å². The zero-order chi connectivity index (χ0) is 19.9. The van der Waals surface area contributed by atoms with Gasteiger partial charge in [-0.3, -0.25) is 4.79 Å². The van der Waals surface area contributed by atoms with E-state index in [-0.39, 0.29) is 36.4 Å². The molecule has 0 aliphatic heterocycles. The van der Waals surface area contributed by atoms with Gasteiger partial charge in [0.15, 0.2) is 5.96 Å². The summed E-state index contributed by atoms with van der Waals surface area (Å²) in [5, 5.41) is 9.27. The van der Waals surface area contributed by atoms with E-state index in [0.717, 1.165) is 25.1 Å². The average molecular weight is 510 g/mol. The molecule has 158 valence electrons. The van der Waals surface area contributed by atoms with Crippen LogP contribution in [0.25, 0.3) is 0 Å². The molecular weight excluding hydrogens is 479 g/mol. The summed E-state index contributed by atoms with van der Waals surface area (Å²) in [7, 11) is 0. The fraction of sp³-hybridized carbons (Fsp3) is 0.364. The molecule has 0 fully saturated rings. The summed E-state index contributed by atoms with van der Waals surface area (Å²) in [4.78, 5) is 16.3. The first-order valence-corrected chi connectivity index (χ1v) is 9.78. The van der Waals surface area contributed by atoms with Crippen LogP contribution in [0.4, 0.5) is 0 Å². The second-order valence-corrected chi connectivity index (χ2v) is 6.22. The number of rotatable bonds is 11. The maximum Gasteiger partial charge on any atom is 0.241 e. The van der Waals surface area contributed by atoms with E-state index in [1.54, 1.807) is 0 Å². The number of nitrogens with zero attached hydrogens (tertiary/aromatic N) is 1. The lowest BCUT2D eigenvalue weighted by atomic mass is 10.1. The second kappa shape index (κ2) is 15.6. The van der Waals surface area contributed by atoms with E-state index < -0.39 is 0 Å². The number of hydrogen-bond acceptors (Lipinski definition) is 3. The fourth-order valence-electron chi connectivity index (χ4n) is 2.53. The first kappa shape index (κ1) is 24.7. The quantitative estimate of drug-likeness (QED) is 0.188. The number of benzene rings is 2. The molecule has 0 atom stereocenters. The molecule has 2 rings (SSSR count). The molecule has 2 aromatic rings. The summed E-state index contributed by atoms with van der Waals surface area (Å²) in [6.45, 7) is 4.78. The highest BCUT2D eigenvalue weighted by Gasteiger charge is 2.02. The van der Waals surface area contributed by atoms with Crippen molar-refractivity contribution in [3.63, 3.8) is 0 Å². The van der Waals surface area contributed by atoms with Gasteiger partial charge in [-0.25, -0.2) is 4.99 Å². The Morgan fingerprint density at radius 3 is 2.31 bits per heavy atom. The normalized spacial score (nSPS) is 10.6. The largest absolute Gasteiger partial charge is 0.494 e. The van der Waals surface area contributed by atoms with Crippen molar-refractivity contribution in [2.24, 2.45) is 4.99 Å². The maximum absolute atomic E-state index is 12.0. The number of amides is 1. The van der Waals surface area contributed by atoms with Gasteiger partial charge >= 0.3 is 0 Å². The number of halogens is 1. The summed E-state index contributed by atoms with van der Waals surface area (Å²) < 4.78 is 5.66. The smallest absolute Gasteiger partial charge is 0.241 e. The van der Waals surface area contributed by atoms with Gasteiger partial charge in [0.25, 0.3) is 0 Å². The molecule has 0 radical (unpaired) electrons. The Hall–Kier alpha value is -2.29. The van der Waals surface area contributed by atoms with E-state index in [1.807, 2.05) is 55.5 Å². The van der Waals surface area contributed by atoms with E-state index in [0.29, 0.717) is 25.7 Å². The maximum atomic E-state index is 12.0. The lowest BCUT2D eigenvalue weighted by Gasteiger charge is -2.12. The average Bonchev–Trinajstić information content (AvgIpc) is 2.73. The number of guanidine groups is 1. The van der Waals surface area contributed by atoms with Crippen LogP contribution in [0, 0.1) is 0 Å². The molecule has 2 aromatic carbocycles. The standard InChI is InChI=1S/C22H30N4O2.HI/c1-2-23-22(25-15-9-17-28-20-12-7-4-8-13-20)26-18-21(27)24-16-14-19-10-5-3-6-11-19;/h3-8,10-13H,2,9,14-18H2,1H3,(H,24,27)(H2,23,25,26);1H. The molecule has 0 aliphatic carbocycles. The third kappa shape index (κ3) is 11.3. The Morgan fingerprint density at radius 1 is 0.931 bits per heavy atom. The van der Waals surface area contributed by atoms with Crippen molar-refractivity contribution in [1.82, 2.24) is 16.0 Å². The van der Waals surface area contributed by atoms with Gasteiger partial charge < -0.3 is 20.7 Å². The van der Waals surface area contributed by atoms with Gasteiger partial charge in [0.1, 0.15) is 12.3 Å². The predicted octanol–water partition coefficient (Wildman–Crippen LogP) is 2.99. The molecule has 0 aliphatic rings. The molecule has 0 bridgehead atoms. The van der Waals surface area contributed by atoms with Crippen molar-refractivity contribution >= 4 is 35.8 Å². The molecule has 0 spiro atoms. The Balaban J connectivity index is 0.00000420. The van der Waals surface area contributed by atoms with Crippen LogP contribution in [0.15, 0.2) is 65.7 Å². The molecule has 6 nitrogen and oxygen atoms in total. The van der Waals surface area contributed by atoms with Crippen LogP contribution in [0.1, 0.15) is 18.9 Å². The SMILES string of the molecule is CCNC(=NCC(=O)NCCc1ccccc1)NCCCOc1ccccc1.I. The number of ether oxygens (including phenoxy) is 1. The highest BCUT2D eigenvalue weighted by molar-refractivity contribution is 14.0. The van der Waals surface area contributed by atoms with Gasteiger partial charge in [0, 0.05) is 19.6 Å². The van der Waals surface area contributed by atoms with Crippen molar-refractivity contribution in [2.45, 2.75) is 19.8 Å². The highest BCUT2D eigenvalue weighted by Crippen LogP contribution is 2.07. The van der Waals surface area contributed by atoms with Crippen molar-refractivity contribution in [2.75, 3.05) is 32.8 Å². The summed E-state index contributed by atoms with van der Waals surface area (Å²) >= 11 is 0. The monoisotopic (exact) mass is 510 g/mol. The van der Waals surface area contributed by atoms with E-state index in [9.17, 15) is 4.79 Å². The molecule has 7 heteroatoms. The van der Waals surface area contributed by atoms with E-state index >= 15 is 0 Å². The van der Waals surface area contributed by atoms with Crippen LogP contribution in [-0.4, -0.2) is 44.7 Å². The van der Waals surface area contributed by atoms with Crippen LogP contribution >= 0.6 is 24.0 Å². The first-order valence-electron chi connectivity index (χ1n) is 9.78. The predicted molar refractivity (Wildman–Crippen MR) is 129 cm³/mol. The van der Waals surface area contributed by atoms with Crippen LogP contribution in [0.5, 0.6) is 5.75 Å². The Labute approximate surface area is 190 Å². The molecule has 0 unspecified atom stereocenters. The number of carbonyl (C=O) groups excluding carboxylic acids is 1. The number of nitrogens with one attached hydrogen (secondary N) is 3. The molecule has 29 heavy (non-hydrogen) atoms. The minimum Gasteiger partial charge on any atom is -0.494 e. The van der Waals surface area contributed by atoms with Crippen LogP contribution in [-0.2, 0) is 11.2 Å². The first-order chi connectivity index (χ1) is 13.8. The summed E-state index contributed by atoms with van der Waals surface area (Å²) in [5.74, 6) is 1.43. The minimum absolute atomic E-state index is 0. The lowest BCUT2D eigenvalue weighted by Crippen LogP contribution is -2.39. The van der Waals surface area contributed by atoms with Gasteiger partial charge in [0.05, 0.1) is 6.61 Å². The van der Waals surface area contributed by atoms with Gasteiger partial charge in [0.2, 0.25) is 5.91 Å². The molecule has 3 N–H and O–H groups in total. The van der Waals surface area contributed by atoms with Crippen molar-refractivity contribution in [3.8, 4) is 5.75 Å². The van der Waals surface area contributed by atoms with E-state index in [1.165, 1.54) is 5.56 Å². The number of aliphatic imine (C=N–C) groups is 1. The number of carbonyl (C=O) groups is 1. The zero-order valence-electron chi connectivity index (χ0n) is 16.9. The Bertz CT molecular complexity index is 711. The van der Waals surface area contributed by atoms with Gasteiger partial charge in [-0.15, -0.1) is 24.0 Å². The summed E-state index contributed by atoms with van der Waals surface area (Å²) in [6.07, 6.45) is 1.65. The molecule has 0 saturated carbocycles. The third-order valence-corrected chi connectivity index (χ3v) is 3.93. The molecular formula is C22H31IN4O2. The van der Waals surface area contributed by atoms with Crippen LogP contribution in [0.2, 0.25) is 0 Å². The van der Waals surface area contributed by atoms with E-state index in [2.05, 4.69) is 33.1 Å². The molecule has 0 heterocycles. The summed E-state index contributed by atoms with van der Waals surface area (Å²) in [6, 6.07) is 19.8. The third-order valence-electron chi connectivity index (χ3n) is 3.93. The second-order valence-electron chi connectivity index (χ2n) is 6.22. The highest BCUT2D eigenvalue weighted by atomic mass is 127. The summed E-state index contributed by atoms with van der Waals surface area (Å²) in [5.41, 5.74) is 1.21. The van der Waals surface area contributed by atoms with Crippen molar-refractivity contribution in [3.05, 3.63) is 66.2 Å². The zero-order valence-corrected chi connectivity index (χ0v) is 19.2.